The Labute approximate surface area is 176 Å². The van der Waals surface area contributed by atoms with Gasteiger partial charge in [0.2, 0.25) is 5.91 Å². The summed E-state index contributed by atoms with van der Waals surface area (Å²) < 4.78 is 0. The van der Waals surface area contributed by atoms with Crippen LogP contribution in [-0.4, -0.2) is 50.1 Å². The Hall–Kier alpha value is 0.0900. The number of rotatable bonds is 21. The Balaban J connectivity index is 3.15. The van der Waals surface area contributed by atoms with Crippen LogP contribution in [0.1, 0.15) is 78.6 Å². The molecule has 27 heavy (non-hydrogen) atoms. The molecule has 1 amide bonds. The van der Waals surface area contributed by atoms with Crippen LogP contribution in [0.4, 0.5) is 0 Å². The van der Waals surface area contributed by atoms with E-state index in [1.165, 1.54) is 38.5 Å². The van der Waals surface area contributed by atoms with Crippen molar-refractivity contribution in [1.82, 2.24) is 16.0 Å². The van der Waals surface area contributed by atoms with Crippen LogP contribution in [0.25, 0.3) is 0 Å². The van der Waals surface area contributed by atoms with Crippen LogP contribution < -0.4 is 16.0 Å². The molecule has 0 bridgehead atoms. The lowest BCUT2D eigenvalue weighted by Crippen LogP contribution is -2.25. The van der Waals surface area contributed by atoms with Gasteiger partial charge in [-0.05, 0) is 51.2 Å². The Kier molecular flexibility index (Phi) is 22.5. The van der Waals surface area contributed by atoms with Gasteiger partial charge in [0.25, 0.3) is 0 Å². The maximum Gasteiger partial charge on any atom is 0.220 e. The number of carbonyl (C=O) groups is 1. The van der Waals surface area contributed by atoms with Crippen LogP contribution in [0, 0.1) is 5.92 Å². The molecule has 0 aromatic heterocycles. The third-order valence-corrected chi connectivity index (χ3v) is 6.71. The minimum absolute atomic E-state index is 0.212. The molecule has 0 aliphatic heterocycles. The molecular weight excluding hydrogens is 374 g/mol. The summed E-state index contributed by atoms with van der Waals surface area (Å²) in [5.41, 5.74) is 0. The van der Waals surface area contributed by atoms with E-state index < -0.39 is 0 Å². The molecule has 4 nitrogen and oxygen atoms in total. The first kappa shape index (κ1) is 27.1. The fourth-order valence-electron chi connectivity index (χ4n) is 2.62. The SMILES string of the molecule is CCCCNCCSSCCNC(=O)CCCCCNCCCCC(C)C. The standard InChI is InChI=1S/C21H45N3OS2/c1-4-5-13-23-16-18-26-27-19-17-24-21(25)12-7-6-9-14-22-15-10-8-11-20(2)3/h20,22-23H,4-19H2,1-3H3,(H,24,25). The van der Waals surface area contributed by atoms with Gasteiger partial charge in [-0.3, -0.25) is 4.79 Å². The number of carbonyl (C=O) groups excluding carboxylic acids is 1. The van der Waals surface area contributed by atoms with Crippen molar-refractivity contribution in [3.63, 3.8) is 0 Å². The van der Waals surface area contributed by atoms with E-state index >= 15 is 0 Å². The number of unbranched alkanes of at least 4 members (excludes halogenated alkanes) is 4. The summed E-state index contributed by atoms with van der Waals surface area (Å²) in [6, 6.07) is 0. The molecule has 3 N–H and O–H groups in total. The second kappa shape index (κ2) is 22.4. The highest BCUT2D eigenvalue weighted by molar-refractivity contribution is 8.76. The first-order chi connectivity index (χ1) is 13.2. The van der Waals surface area contributed by atoms with Crippen molar-refractivity contribution in [1.29, 1.82) is 0 Å². The first-order valence-corrected chi connectivity index (χ1v) is 13.6. The molecule has 0 saturated carbocycles. The molecule has 0 aliphatic rings. The molecule has 0 aliphatic carbocycles. The normalized spacial score (nSPS) is 11.3. The van der Waals surface area contributed by atoms with Crippen LogP contribution in [0.2, 0.25) is 0 Å². The van der Waals surface area contributed by atoms with Crippen molar-refractivity contribution < 1.29 is 4.79 Å². The van der Waals surface area contributed by atoms with Crippen molar-refractivity contribution in [3.05, 3.63) is 0 Å². The fourth-order valence-corrected chi connectivity index (χ4v) is 4.47. The summed E-state index contributed by atoms with van der Waals surface area (Å²) in [4.78, 5) is 11.8. The Morgan fingerprint density at radius 3 is 2.11 bits per heavy atom. The summed E-state index contributed by atoms with van der Waals surface area (Å²) >= 11 is 0. The van der Waals surface area contributed by atoms with E-state index in [4.69, 9.17) is 0 Å². The van der Waals surface area contributed by atoms with Gasteiger partial charge < -0.3 is 16.0 Å². The molecule has 0 spiro atoms. The van der Waals surface area contributed by atoms with Crippen molar-refractivity contribution in [2.24, 2.45) is 5.92 Å². The Bertz CT molecular complexity index is 318. The van der Waals surface area contributed by atoms with E-state index in [1.807, 2.05) is 21.6 Å². The lowest BCUT2D eigenvalue weighted by molar-refractivity contribution is -0.121. The minimum Gasteiger partial charge on any atom is -0.355 e. The van der Waals surface area contributed by atoms with Crippen molar-refractivity contribution in [2.75, 3.05) is 44.2 Å². The highest BCUT2D eigenvalue weighted by Crippen LogP contribution is 2.19. The lowest BCUT2D eigenvalue weighted by Gasteiger charge is -2.07. The molecule has 6 heteroatoms. The zero-order chi connectivity index (χ0) is 20.0. The highest BCUT2D eigenvalue weighted by Gasteiger charge is 2.01. The van der Waals surface area contributed by atoms with Gasteiger partial charge in [0.1, 0.15) is 0 Å². The summed E-state index contributed by atoms with van der Waals surface area (Å²) in [6.07, 6.45) is 10.5. The van der Waals surface area contributed by atoms with Gasteiger partial charge in [0.05, 0.1) is 0 Å². The maximum atomic E-state index is 11.8. The molecule has 0 aromatic rings. The Morgan fingerprint density at radius 2 is 1.41 bits per heavy atom. The summed E-state index contributed by atoms with van der Waals surface area (Å²) in [5.74, 6) is 3.16. The number of hydrogen-bond donors (Lipinski definition) is 3. The molecular formula is C21H45N3OS2. The minimum atomic E-state index is 0.212. The second-order valence-electron chi connectivity index (χ2n) is 7.55. The lowest BCUT2D eigenvalue weighted by atomic mass is 10.1. The smallest absolute Gasteiger partial charge is 0.220 e. The third-order valence-electron chi connectivity index (χ3n) is 4.30. The zero-order valence-corrected chi connectivity index (χ0v) is 19.7. The van der Waals surface area contributed by atoms with Gasteiger partial charge in [-0.2, -0.15) is 0 Å². The van der Waals surface area contributed by atoms with Crippen molar-refractivity contribution in [2.45, 2.75) is 78.6 Å². The van der Waals surface area contributed by atoms with E-state index in [2.05, 4.69) is 36.7 Å². The topological polar surface area (TPSA) is 53.2 Å². The van der Waals surface area contributed by atoms with E-state index in [9.17, 15) is 4.79 Å². The molecule has 0 heterocycles. The van der Waals surface area contributed by atoms with Crippen LogP contribution in [0.5, 0.6) is 0 Å². The average molecular weight is 420 g/mol. The van der Waals surface area contributed by atoms with E-state index in [1.54, 1.807) is 0 Å². The largest absolute Gasteiger partial charge is 0.355 e. The molecule has 0 saturated heterocycles. The van der Waals surface area contributed by atoms with Crippen LogP contribution in [-0.2, 0) is 4.79 Å². The van der Waals surface area contributed by atoms with E-state index in [-0.39, 0.29) is 5.91 Å². The van der Waals surface area contributed by atoms with Gasteiger partial charge in [-0.15, -0.1) is 0 Å². The zero-order valence-electron chi connectivity index (χ0n) is 18.1. The van der Waals surface area contributed by atoms with E-state index in [0.717, 1.165) is 63.0 Å². The van der Waals surface area contributed by atoms with Crippen LogP contribution in [0.3, 0.4) is 0 Å². The highest BCUT2D eigenvalue weighted by atomic mass is 33.1. The molecule has 0 aromatic carbocycles. The number of hydrogen-bond acceptors (Lipinski definition) is 5. The van der Waals surface area contributed by atoms with E-state index in [0.29, 0.717) is 6.42 Å². The summed E-state index contributed by atoms with van der Waals surface area (Å²) in [7, 11) is 3.75. The molecule has 0 unspecified atom stereocenters. The molecule has 0 fully saturated rings. The van der Waals surface area contributed by atoms with Gasteiger partial charge in [0.15, 0.2) is 0 Å². The quantitative estimate of drug-likeness (QED) is 0.183. The van der Waals surface area contributed by atoms with Gasteiger partial charge >= 0.3 is 0 Å². The van der Waals surface area contributed by atoms with Gasteiger partial charge in [0, 0.05) is 31.0 Å². The molecule has 162 valence electrons. The Morgan fingerprint density at radius 1 is 0.778 bits per heavy atom. The second-order valence-corrected chi connectivity index (χ2v) is 10.2. The molecule has 0 radical (unpaired) electrons. The third kappa shape index (κ3) is 24.1. The average Bonchev–Trinajstić information content (AvgIpc) is 2.64. The maximum absolute atomic E-state index is 11.8. The molecule has 0 atom stereocenters. The predicted molar refractivity (Wildman–Crippen MR) is 126 cm³/mol. The summed E-state index contributed by atoms with van der Waals surface area (Å²) in [6.45, 7) is 12.0. The van der Waals surface area contributed by atoms with Crippen LogP contribution in [0.15, 0.2) is 0 Å². The van der Waals surface area contributed by atoms with Crippen LogP contribution >= 0.6 is 21.6 Å². The molecule has 0 rings (SSSR count). The number of nitrogens with one attached hydrogen (secondary N) is 3. The predicted octanol–water partition coefficient (Wildman–Crippen LogP) is 4.85. The monoisotopic (exact) mass is 419 g/mol. The van der Waals surface area contributed by atoms with Crippen molar-refractivity contribution >= 4 is 27.5 Å². The fraction of sp³-hybridized carbons (Fsp3) is 0.952. The van der Waals surface area contributed by atoms with Gasteiger partial charge in [-0.1, -0.05) is 68.0 Å². The van der Waals surface area contributed by atoms with Crippen molar-refractivity contribution in [3.8, 4) is 0 Å². The summed E-state index contributed by atoms with van der Waals surface area (Å²) in [5, 5.41) is 9.98. The van der Waals surface area contributed by atoms with Gasteiger partial charge in [-0.25, -0.2) is 0 Å². The first-order valence-electron chi connectivity index (χ1n) is 11.1. The number of amides is 1.